The highest BCUT2D eigenvalue weighted by Gasteiger charge is 2.22. The van der Waals surface area contributed by atoms with Crippen LogP contribution in [0.4, 0.5) is 14.5 Å². The summed E-state index contributed by atoms with van der Waals surface area (Å²) in [5, 5.41) is 10.9. The predicted molar refractivity (Wildman–Crippen MR) is 65.0 cm³/mol. The normalized spacial score (nSPS) is 10.3. The molecule has 0 unspecified atom stereocenters. The fourth-order valence-electron chi connectivity index (χ4n) is 1.72. The van der Waals surface area contributed by atoms with Gasteiger partial charge in [0.1, 0.15) is 5.75 Å². The molecule has 2 aromatic rings. The molecule has 0 N–H and O–H groups in total. The summed E-state index contributed by atoms with van der Waals surface area (Å²) in [4.78, 5) is 10.1. The minimum atomic E-state index is -1.24. The third kappa shape index (κ3) is 2.37. The van der Waals surface area contributed by atoms with Gasteiger partial charge in [-0.3, -0.25) is 10.1 Å². The SMILES string of the molecule is COc1ccc(-c2c([N+](=O)[O-])ccc(F)c2F)cc1. The predicted octanol–water partition coefficient (Wildman–Crippen LogP) is 3.55. The van der Waals surface area contributed by atoms with E-state index in [1.54, 1.807) is 0 Å². The summed E-state index contributed by atoms with van der Waals surface area (Å²) >= 11 is 0. The largest absolute Gasteiger partial charge is 0.497 e. The van der Waals surface area contributed by atoms with Crippen LogP contribution in [0.15, 0.2) is 36.4 Å². The zero-order valence-electron chi connectivity index (χ0n) is 9.89. The lowest BCUT2D eigenvalue weighted by atomic mass is 10.0. The first kappa shape index (κ1) is 12.9. The molecule has 4 nitrogen and oxygen atoms in total. The average Bonchev–Trinajstić information content (AvgIpc) is 2.41. The van der Waals surface area contributed by atoms with Crippen LogP contribution < -0.4 is 4.74 Å². The van der Waals surface area contributed by atoms with E-state index in [2.05, 4.69) is 0 Å². The molecule has 0 saturated heterocycles. The molecule has 0 bridgehead atoms. The first-order chi connectivity index (χ1) is 9.04. The maximum Gasteiger partial charge on any atom is 0.280 e. The number of methoxy groups -OCH3 is 1. The lowest BCUT2D eigenvalue weighted by molar-refractivity contribution is -0.384. The van der Waals surface area contributed by atoms with Crippen molar-refractivity contribution in [3.05, 3.63) is 58.1 Å². The van der Waals surface area contributed by atoms with Crippen LogP contribution in [0.5, 0.6) is 5.75 Å². The van der Waals surface area contributed by atoms with Crippen molar-refractivity contribution >= 4 is 5.69 Å². The molecule has 0 spiro atoms. The second-order valence-corrected chi connectivity index (χ2v) is 3.74. The van der Waals surface area contributed by atoms with E-state index < -0.39 is 22.2 Å². The highest BCUT2D eigenvalue weighted by Crippen LogP contribution is 2.34. The number of hydrogen-bond acceptors (Lipinski definition) is 3. The number of nitro groups is 1. The molecule has 0 amide bonds. The quantitative estimate of drug-likeness (QED) is 0.630. The van der Waals surface area contributed by atoms with Crippen molar-refractivity contribution in [2.75, 3.05) is 7.11 Å². The summed E-state index contributed by atoms with van der Waals surface area (Å²) in [5.41, 5.74) is -0.638. The van der Waals surface area contributed by atoms with Crippen molar-refractivity contribution in [3.63, 3.8) is 0 Å². The Hall–Kier alpha value is -2.50. The van der Waals surface area contributed by atoms with Gasteiger partial charge in [-0.25, -0.2) is 8.78 Å². The molecule has 0 atom stereocenters. The van der Waals surface area contributed by atoms with Gasteiger partial charge in [0.2, 0.25) is 0 Å². The summed E-state index contributed by atoms with van der Waals surface area (Å²) in [6.45, 7) is 0. The molecule has 2 rings (SSSR count). The van der Waals surface area contributed by atoms with Gasteiger partial charge in [-0.1, -0.05) is 12.1 Å². The van der Waals surface area contributed by atoms with Gasteiger partial charge < -0.3 is 4.74 Å². The minimum absolute atomic E-state index is 0.213. The number of nitro benzene ring substituents is 1. The number of nitrogens with zero attached hydrogens (tertiary/aromatic N) is 1. The minimum Gasteiger partial charge on any atom is -0.497 e. The molecular formula is C13H9F2NO3. The molecule has 6 heteroatoms. The zero-order chi connectivity index (χ0) is 14.0. The second-order valence-electron chi connectivity index (χ2n) is 3.74. The Balaban J connectivity index is 2.65. The van der Waals surface area contributed by atoms with E-state index in [1.165, 1.54) is 31.4 Å². The molecular weight excluding hydrogens is 256 g/mol. The smallest absolute Gasteiger partial charge is 0.280 e. The Kier molecular flexibility index (Phi) is 3.41. The third-order valence-electron chi connectivity index (χ3n) is 2.65. The van der Waals surface area contributed by atoms with Crippen molar-refractivity contribution in [2.45, 2.75) is 0 Å². The fourth-order valence-corrected chi connectivity index (χ4v) is 1.72. The van der Waals surface area contributed by atoms with Gasteiger partial charge in [0, 0.05) is 6.07 Å². The maximum atomic E-state index is 13.8. The average molecular weight is 265 g/mol. The standard InChI is InChI=1S/C13H9F2NO3/c1-19-9-4-2-8(3-5-9)12-11(16(17)18)7-6-10(14)13(12)15/h2-7H,1H3. The Morgan fingerprint density at radius 3 is 2.26 bits per heavy atom. The van der Waals surface area contributed by atoms with E-state index in [0.29, 0.717) is 5.75 Å². The van der Waals surface area contributed by atoms with E-state index in [1.807, 2.05) is 0 Å². The van der Waals surface area contributed by atoms with Crippen LogP contribution in [-0.4, -0.2) is 12.0 Å². The summed E-state index contributed by atoms with van der Waals surface area (Å²) in [7, 11) is 1.46. The molecule has 0 heterocycles. The Morgan fingerprint density at radius 2 is 1.74 bits per heavy atom. The van der Waals surface area contributed by atoms with Crippen LogP contribution in [0.2, 0.25) is 0 Å². The lowest BCUT2D eigenvalue weighted by Crippen LogP contribution is -1.97. The lowest BCUT2D eigenvalue weighted by Gasteiger charge is -2.06. The monoisotopic (exact) mass is 265 g/mol. The molecule has 0 aliphatic carbocycles. The molecule has 98 valence electrons. The van der Waals surface area contributed by atoms with Gasteiger partial charge in [0.15, 0.2) is 11.6 Å². The molecule has 2 aromatic carbocycles. The Morgan fingerprint density at radius 1 is 1.11 bits per heavy atom. The topological polar surface area (TPSA) is 52.4 Å². The van der Waals surface area contributed by atoms with Crippen LogP contribution in [0.1, 0.15) is 0 Å². The van der Waals surface area contributed by atoms with Gasteiger partial charge in [0.25, 0.3) is 5.69 Å². The van der Waals surface area contributed by atoms with E-state index in [0.717, 1.165) is 12.1 Å². The Bertz CT molecular complexity index is 627. The van der Waals surface area contributed by atoms with E-state index in [9.17, 15) is 18.9 Å². The summed E-state index contributed by atoms with van der Waals surface area (Å²) < 4.78 is 31.9. The highest BCUT2D eigenvalue weighted by atomic mass is 19.2. The molecule has 0 radical (unpaired) electrons. The van der Waals surface area contributed by atoms with Crippen molar-refractivity contribution in [1.82, 2.24) is 0 Å². The zero-order valence-corrected chi connectivity index (χ0v) is 9.89. The summed E-state index contributed by atoms with van der Waals surface area (Å²) in [6.07, 6.45) is 0. The third-order valence-corrected chi connectivity index (χ3v) is 2.65. The van der Waals surface area contributed by atoms with E-state index in [4.69, 9.17) is 4.74 Å². The highest BCUT2D eigenvalue weighted by molar-refractivity contribution is 5.74. The van der Waals surface area contributed by atoms with Gasteiger partial charge in [0.05, 0.1) is 17.6 Å². The van der Waals surface area contributed by atoms with E-state index in [-0.39, 0.29) is 11.1 Å². The summed E-state index contributed by atoms with van der Waals surface area (Å²) in [5.74, 6) is -1.85. The van der Waals surface area contributed by atoms with Gasteiger partial charge >= 0.3 is 0 Å². The van der Waals surface area contributed by atoms with Crippen LogP contribution in [0, 0.1) is 21.7 Å². The number of halogens is 2. The molecule has 0 aliphatic heterocycles. The van der Waals surface area contributed by atoms with Gasteiger partial charge in [-0.05, 0) is 23.8 Å². The van der Waals surface area contributed by atoms with Crippen molar-refractivity contribution < 1.29 is 18.4 Å². The van der Waals surface area contributed by atoms with Crippen LogP contribution in [0.25, 0.3) is 11.1 Å². The second kappa shape index (κ2) is 5.01. The fraction of sp³-hybridized carbons (Fsp3) is 0.0769. The van der Waals surface area contributed by atoms with Crippen LogP contribution >= 0.6 is 0 Å². The van der Waals surface area contributed by atoms with Gasteiger partial charge in [-0.2, -0.15) is 0 Å². The van der Waals surface area contributed by atoms with Crippen LogP contribution in [0.3, 0.4) is 0 Å². The molecule has 0 saturated carbocycles. The van der Waals surface area contributed by atoms with Crippen molar-refractivity contribution in [3.8, 4) is 16.9 Å². The number of hydrogen-bond donors (Lipinski definition) is 0. The number of rotatable bonds is 3. The van der Waals surface area contributed by atoms with Crippen LogP contribution in [-0.2, 0) is 0 Å². The van der Waals surface area contributed by atoms with E-state index >= 15 is 0 Å². The van der Waals surface area contributed by atoms with Gasteiger partial charge in [-0.15, -0.1) is 0 Å². The maximum absolute atomic E-state index is 13.8. The first-order valence-corrected chi connectivity index (χ1v) is 5.31. The number of benzene rings is 2. The molecule has 0 aliphatic rings. The molecule has 19 heavy (non-hydrogen) atoms. The molecule has 0 aromatic heterocycles. The summed E-state index contributed by atoms with van der Waals surface area (Å²) in [6, 6.07) is 7.58. The molecule has 0 fully saturated rings. The first-order valence-electron chi connectivity index (χ1n) is 5.31. The Labute approximate surface area is 107 Å². The van der Waals surface area contributed by atoms with Crippen molar-refractivity contribution in [2.24, 2.45) is 0 Å². The van der Waals surface area contributed by atoms with Crippen molar-refractivity contribution in [1.29, 1.82) is 0 Å². The number of ether oxygens (including phenoxy) is 1.